The molecule has 0 spiro atoms. The van der Waals surface area contributed by atoms with E-state index in [4.69, 9.17) is 37.0 Å². The number of rotatable bonds is 71. The molecule has 0 saturated carbocycles. The Morgan fingerprint density at radius 3 is 0.837 bits per heavy atom. The van der Waals surface area contributed by atoms with Crippen molar-refractivity contribution in [3.05, 3.63) is 36.5 Å². The van der Waals surface area contributed by atoms with E-state index in [-0.39, 0.29) is 25.7 Å². The van der Waals surface area contributed by atoms with Crippen molar-refractivity contribution in [1.29, 1.82) is 0 Å². The fraction of sp³-hybridized carbons (Fsp3) is 0.863. The van der Waals surface area contributed by atoms with Gasteiger partial charge in [0.15, 0.2) is 12.2 Å². The van der Waals surface area contributed by atoms with Crippen LogP contribution >= 0.6 is 15.6 Å². The number of phosphoric acid groups is 2. The number of aliphatic hydroxyl groups is 1. The van der Waals surface area contributed by atoms with Crippen LogP contribution in [0.4, 0.5) is 0 Å². The Kier molecular flexibility index (Phi) is 64.9. The molecule has 5 atom stereocenters. The first-order valence-corrected chi connectivity index (χ1v) is 40.2. The van der Waals surface area contributed by atoms with Gasteiger partial charge in [-0.3, -0.25) is 37.3 Å². The van der Waals surface area contributed by atoms with Crippen LogP contribution in [0.1, 0.15) is 349 Å². The summed E-state index contributed by atoms with van der Waals surface area (Å²) in [6.45, 7) is 4.86. The normalized spacial score (nSPS) is 14.2. The average Bonchev–Trinajstić information content (AvgIpc) is 2.26. The topological polar surface area (TPSA) is 237 Å². The lowest BCUT2D eigenvalue weighted by atomic mass is 10.1. The third kappa shape index (κ3) is 65.9. The highest BCUT2D eigenvalue weighted by Gasteiger charge is 2.30. The fourth-order valence-electron chi connectivity index (χ4n) is 10.4. The number of allylic oxidation sites excluding steroid dienone is 6. The molecule has 0 aromatic carbocycles. The fourth-order valence-corrected chi connectivity index (χ4v) is 12.0. The Balaban J connectivity index is 5.23. The maximum absolute atomic E-state index is 13.0. The molecule has 19 heteroatoms. The Hall–Kier alpha value is -2.72. The van der Waals surface area contributed by atoms with Crippen molar-refractivity contribution in [2.75, 3.05) is 39.6 Å². The predicted octanol–water partition coefficient (Wildman–Crippen LogP) is 20.8. The molecule has 17 nitrogen and oxygen atoms in total. The Labute approximate surface area is 560 Å². The smallest absolute Gasteiger partial charge is 0.462 e. The summed E-state index contributed by atoms with van der Waals surface area (Å²) in [5.41, 5.74) is 0. The number of hydrogen-bond acceptors (Lipinski definition) is 15. The highest BCUT2D eigenvalue weighted by Crippen LogP contribution is 2.45. The summed E-state index contributed by atoms with van der Waals surface area (Å²) in [5.74, 6) is -2.15. The van der Waals surface area contributed by atoms with Gasteiger partial charge < -0.3 is 33.8 Å². The van der Waals surface area contributed by atoms with Crippen molar-refractivity contribution in [2.45, 2.75) is 367 Å². The van der Waals surface area contributed by atoms with E-state index in [0.717, 1.165) is 128 Å². The average molecular weight is 1350 g/mol. The van der Waals surface area contributed by atoms with Gasteiger partial charge in [0.05, 0.1) is 26.4 Å². The lowest BCUT2D eigenvalue weighted by Gasteiger charge is -2.21. The highest BCUT2D eigenvalue weighted by molar-refractivity contribution is 7.47. The van der Waals surface area contributed by atoms with E-state index in [9.17, 15) is 43.2 Å². The van der Waals surface area contributed by atoms with Gasteiger partial charge in [0.25, 0.3) is 0 Å². The summed E-state index contributed by atoms with van der Waals surface area (Å²) in [4.78, 5) is 72.6. The third-order valence-corrected chi connectivity index (χ3v) is 18.0. The SMILES string of the molecule is CCCCC/C=C\C/C=C\C/C=C\CCCCCCCCC(=O)OCC(COP(=O)(O)OCC(O)COP(=O)(O)OCC(COC(=O)CCCCCCCCCCCCC)OC(=O)CCCCCCCCCCCCC)OC(=O)CCCCCCCCCCCCC. The predicted molar refractivity (Wildman–Crippen MR) is 372 cm³/mol. The van der Waals surface area contributed by atoms with Gasteiger partial charge in [0.2, 0.25) is 0 Å². The van der Waals surface area contributed by atoms with Crippen LogP contribution in [0.15, 0.2) is 36.5 Å². The summed E-state index contributed by atoms with van der Waals surface area (Å²) < 4.78 is 68.3. The van der Waals surface area contributed by atoms with Gasteiger partial charge in [-0.2, -0.15) is 0 Å². The monoisotopic (exact) mass is 1350 g/mol. The number of aliphatic hydroxyl groups excluding tert-OH is 1. The van der Waals surface area contributed by atoms with Crippen molar-refractivity contribution in [2.24, 2.45) is 0 Å². The van der Waals surface area contributed by atoms with E-state index in [1.165, 1.54) is 141 Å². The molecule has 0 rings (SSSR count). The second kappa shape index (κ2) is 66.9. The molecule has 0 aromatic rings. The van der Waals surface area contributed by atoms with Crippen LogP contribution in [-0.2, 0) is 65.4 Å². The molecule has 540 valence electrons. The first-order valence-electron chi connectivity index (χ1n) is 37.2. The molecule has 0 heterocycles. The Morgan fingerprint density at radius 1 is 0.304 bits per heavy atom. The van der Waals surface area contributed by atoms with Crippen molar-refractivity contribution >= 4 is 39.5 Å². The summed E-state index contributed by atoms with van der Waals surface area (Å²) >= 11 is 0. The molecule has 0 aliphatic heterocycles. The minimum absolute atomic E-state index is 0.0998. The second-order valence-electron chi connectivity index (χ2n) is 25.3. The van der Waals surface area contributed by atoms with Crippen LogP contribution in [0.3, 0.4) is 0 Å². The van der Waals surface area contributed by atoms with Crippen LogP contribution in [0, 0.1) is 0 Å². The molecule has 0 aromatic heterocycles. The van der Waals surface area contributed by atoms with Gasteiger partial charge in [0, 0.05) is 25.7 Å². The molecule has 0 aliphatic carbocycles. The van der Waals surface area contributed by atoms with Crippen molar-refractivity contribution in [3.63, 3.8) is 0 Å². The van der Waals surface area contributed by atoms with E-state index >= 15 is 0 Å². The standard InChI is InChI=1S/C73H136O17P2/c1-5-9-13-17-21-25-29-30-31-32-33-34-35-36-40-42-46-50-54-58-71(76)84-64-69(90-73(78)60-56-52-48-44-39-28-24-20-16-12-8-4)66-88-92(81,82)86-62-67(74)61-85-91(79,80)87-65-68(89-72(77)59-55-51-47-43-38-27-23-19-15-11-7-3)63-83-70(75)57-53-49-45-41-37-26-22-18-14-10-6-2/h21,25,30-31,33-34,67-69,74H,5-20,22-24,26-29,32,35-66H2,1-4H3,(H,79,80)(H,81,82)/b25-21-,31-30-,34-33-. The van der Waals surface area contributed by atoms with Gasteiger partial charge in [-0.25, -0.2) is 9.13 Å². The Bertz CT molecular complexity index is 1900. The number of hydrogen-bond donors (Lipinski definition) is 3. The first kappa shape index (κ1) is 89.3. The number of carbonyl (C=O) groups excluding carboxylic acids is 4. The minimum Gasteiger partial charge on any atom is -0.462 e. The molecule has 92 heavy (non-hydrogen) atoms. The van der Waals surface area contributed by atoms with Crippen molar-refractivity contribution in [1.82, 2.24) is 0 Å². The third-order valence-electron chi connectivity index (χ3n) is 16.1. The Morgan fingerprint density at radius 2 is 0.533 bits per heavy atom. The van der Waals surface area contributed by atoms with Crippen LogP contribution in [-0.4, -0.2) is 96.7 Å². The number of esters is 4. The van der Waals surface area contributed by atoms with E-state index < -0.39 is 97.5 Å². The maximum atomic E-state index is 13.0. The summed E-state index contributed by atoms with van der Waals surface area (Å²) in [5, 5.41) is 10.6. The molecule has 0 amide bonds. The van der Waals surface area contributed by atoms with E-state index in [2.05, 4.69) is 64.2 Å². The van der Waals surface area contributed by atoms with Gasteiger partial charge in [0.1, 0.15) is 19.3 Å². The molecular weight excluding hydrogens is 1210 g/mol. The molecule has 0 aliphatic rings. The summed E-state index contributed by atoms with van der Waals surface area (Å²) in [7, 11) is -9.91. The molecule has 0 saturated heterocycles. The quantitative estimate of drug-likeness (QED) is 0.0169. The lowest BCUT2D eigenvalue weighted by Crippen LogP contribution is -2.30. The van der Waals surface area contributed by atoms with Gasteiger partial charge in [-0.15, -0.1) is 0 Å². The zero-order valence-electron chi connectivity index (χ0n) is 58.7. The minimum atomic E-state index is -4.96. The highest BCUT2D eigenvalue weighted by atomic mass is 31.2. The summed E-state index contributed by atoms with van der Waals surface area (Å²) in [6, 6.07) is 0. The number of ether oxygens (including phenoxy) is 4. The summed E-state index contributed by atoms with van der Waals surface area (Å²) in [6.07, 6.45) is 60.0. The number of phosphoric ester groups is 2. The van der Waals surface area contributed by atoms with Gasteiger partial charge in [-0.05, 0) is 64.2 Å². The van der Waals surface area contributed by atoms with Crippen LogP contribution in [0.5, 0.6) is 0 Å². The molecule has 5 unspecified atom stereocenters. The first-order chi connectivity index (χ1) is 44.7. The van der Waals surface area contributed by atoms with Crippen molar-refractivity contribution in [3.8, 4) is 0 Å². The van der Waals surface area contributed by atoms with E-state index in [1.807, 2.05) is 0 Å². The van der Waals surface area contributed by atoms with Crippen LogP contribution in [0.25, 0.3) is 0 Å². The molecular formula is C73H136O17P2. The van der Waals surface area contributed by atoms with Gasteiger partial charge in [-0.1, -0.05) is 295 Å². The van der Waals surface area contributed by atoms with E-state index in [0.29, 0.717) is 25.7 Å². The maximum Gasteiger partial charge on any atom is 0.472 e. The zero-order chi connectivity index (χ0) is 67.5. The lowest BCUT2D eigenvalue weighted by molar-refractivity contribution is -0.161. The largest absolute Gasteiger partial charge is 0.472 e. The van der Waals surface area contributed by atoms with Gasteiger partial charge >= 0.3 is 39.5 Å². The molecule has 0 bridgehead atoms. The van der Waals surface area contributed by atoms with Crippen LogP contribution < -0.4 is 0 Å². The molecule has 3 N–H and O–H groups in total. The number of unbranched alkanes of at least 4 members (excludes halogenated alkanes) is 39. The zero-order valence-corrected chi connectivity index (χ0v) is 60.5. The molecule has 0 radical (unpaired) electrons. The second-order valence-corrected chi connectivity index (χ2v) is 28.2. The number of carbonyl (C=O) groups is 4. The molecule has 0 fully saturated rings. The van der Waals surface area contributed by atoms with E-state index in [1.54, 1.807) is 0 Å². The van der Waals surface area contributed by atoms with Crippen molar-refractivity contribution < 1.29 is 80.2 Å². The van der Waals surface area contributed by atoms with Crippen LogP contribution in [0.2, 0.25) is 0 Å².